The first kappa shape index (κ1) is 30.4. The van der Waals surface area contributed by atoms with Crippen molar-refractivity contribution in [3.05, 3.63) is 11.6 Å². The lowest BCUT2D eigenvalue weighted by molar-refractivity contribution is -0.313. The number of hydrogen-bond acceptors (Lipinski definition) is 8. The molecule has 8 heteroatoms. The highest BCUT2D eigenvalue weighted by Crippen LogP contribution is 2.67. The number of rotatable bonds is 5. The summed E-state index contributed by atoms with van der Waals surface area (Å²) >= 11 is 0. The van der Waals surface area contributed by atoms with Crippen LogP contribution in [0.25, 0.3) is 0 Å². The van der Waals surface area contributed by atoms with Gasteiger partial charge >= 0.3 is 0 Å². The second-order valence-corrected chi connectivity index (χ2v) is 15.4. The van der Waals surface area contributed by atoms with Gasteiger partial charge in [0.15, 0.2) is 6.29 Å². The average molecular weight is 578 g/mol. The van der Waals surface area contributed by atoms with Crippen molar-refractivity contribution in [2.24, 2.45) is 46.3 Å². The van der Waals surface area contributed by atoms with E-state index in [1.807, 2.05) is 0 Å². The van der Waals surface area contributed by atoms with Crippen molar-refractivity contribution in [2.45, 2.75) is 134 Å². The largest absolute Gasteiger partial charge is 0.394 e. The maximum Gasteiger partial charge on any atom is 0.186 e. The summed E-state index contributed by atoms with van der Waals surface area (Å²) in [6, 6.07) is 0.508. The molecule has 2 saturated heterocycles. The first-order valence-electron chi connectivity index (χ1n) is 16.5. The SMILES string of the molecule is C[C@H]1CC[C@@H]([C@@H](C)[C@H]2[C@H](O)C[C@H]3[C@@H]4CC=C5C[C@@H](O[C@@H]6O[C@H](CO)[C@@H](O)[C@H](O)[C@@H]6O)CC[C@]5(C)[C@H]4CC[C@]23C)NC1. The fraction of sp³-hybridized carbons (Fsp3) is 0.939. The molecule has 0 amide bonds. The summed E-state index contributed by atoms with van der Waals surface area (Å²) in [7, 11) is 0. The van der Waals surface area contributed by atoms with Crippen LogP contribution in [-0.4, -0.2) is 87.6 Å². The minimum absolute atomic E-state index is 0.106. The Morgan fingerprint density at radius 2 is 1.80 bits per heavy atom. The molecule has 4 aliphatic carbocycles. The summed E-state index contributed by atoms with van der Waals surface area (Å²) in [5.74, 6) is 3.31. The van der Waals surface area contributed by atoms with Gasteiger partial charge in [-0.1, -0.05) is 39.3 Å². The third-order valence-electron chi connectivity index (χ3n) is 13.2. The first-order chi connectivity index (χ1) is 19.5. The number of allylic oxidation sites excluding steroid dienone is 1. The van der Waals surface area contributed by atoms with Crippen LogP contribution in [0.15, 0.2) is 11.6 Å². The molecule has 6 aliphatic rings. The molecule has 0 spiro atoms. The molecule has 0 aromatic heterocycles. The van der Waals surface area contributed by atoms with E-state index in [9.17, 15) is 25.5 Å². The van der Waals surface area contributed by atoms with Gasteiger partial charge in [-0.2, -0.15) is 0 Å². The lowest BCUT2D eigenvalue weighted by atomic mass is 9.47. The van der Waals surface area contributed by atoms with Gasteiger partial charge in [-0.3, -0.25) is 0 Å². The fourth-order valence-corrected chi connectivity index (χ4v) is 10.8. The van der Waals surface area contributed by atoms with Gasteiger partial charge in [0.1, 0.15) is 24.4 Å². The van der Waals surface area contributed by atoms with Crippen molar-refractivity contribution >= 4 is 0 Å². The van der Waals surface area contributed by atoms with Gasteiger partial charge in [-0.25, -0.2) is 0 Å². The van der Waals surface area contributed by atoms with Crippen LogP contribution in [0.5, 0.6) is 0 Å². The zero-order chi connectivity index (χ0) is 29.3. The Kier molecular flexibility index (Phi) is 8.47. The van der Waals surface area contributed by atoms with Gasteiger partial charge in [0.25, 0.3) is 0 Å². The molecule has 0 radical (unpaired) electrons. The number of hydrogen-bond donors (Lipinski definition) is 6. The van der Waals surface area contributed by atoms with Crippen LogP contribution in [-0.2, 0) is 9.47 Å². The van der Waals surface area contributed by atoms with E-state index in [0.717, 1.165) is 44.6 Å². The number of ether oxygens (including phenoxy) is 2. The van der Waals surface area contributed by atoms with Gasteiger partial charge < -0.3 is 40.3 Å². The second kappa shape index (κ2) is 11.4. The van der Waals surface area contributed by atoms with Crippen LogP contribution in [0.4, 0.5) is 0 Å². The normalized spacial score (nSPS) is 54.5. The molecule has 3 saturated carbocycles. The molecule has 6 N–H and O–H groups in total. The van der Waals surface area contributed by atoms with Gasteiger partial charge in [-0.15, -0.1) is 0 Å². The fourth-order valence-electron chi connectivity index (χ4n) is 10.8. The standard InChI is InChI=1S/C33H55NO7/c1-17-5-8-24(34-15-17)18(2)27-25(36)14-23-21-7-6-19-13-20(9-11-32(19,3)22(21)10-12-33(23,27)4)40-31-30(39)29(38)28(37)26(16-35)41-31/h6,17-18,20-31,34-39H,5,7-16H2,1-4H3/t17-,18+,20-,21+,22-,23-,24-,25+,26+,27-,28+,29-,30-,31+,32-,33-/m0/s1. The molecule has 0 aromatic rings. The minimum atomic E-state index is -1.42. The van der Waals surface area contributed by atoms with Crippen LogP contribution in [0.3, 0.4) is 0 Å². The summed E-state index contributed by atoms with van der Waals surface area (Å²) in [5, 5.41) is 55.8. The van der Waals surface area contributed by atoms with Crippen molar-refractivity contribution in [3.63, 3.8) is 0 Å². The Labute approximate surface area is 245 Å². The van der Waals surface area contributed by atoms with Crippen LogP contribution < -0.4 is 5.32 Å². The van der Waals surface area contributed by atoms with Crippen LogP contribution >= 0.6 is 0 Å². The number of nitrogens with one attached hydrogen (secondary N) is 1. The predicted octanol–water partition coefficient (Wildman–Crippen LogP) is 2.75. The highest BCUT2D eigenvalue weighted by Gasteiger charge is 2.62. The molecule has 0 bridgehead atoms. The highest BCUT2D eigenvalue weighted by molar-refractivity contribution is 5.26. The van der Waals surface area contributed by atoms with E-state index >= 15 is 0 Å². The van der Waals surface area contributed by atoms with E-state index in [-0.39, 0.29) is 23.0 Å². The van der Waals surface area contributed by atoms with Gasteiger partial charge in [0.2, 0.25) is 0 Å². The molecule has 41 heavy (non-hydrogen) atoms. The maximum atomic E-state index is 11.6. The van der Waals surface area contributed by atoms with E-state index in [1.165, 1.54) is 31.3 Å². The van der Waals surface area contributed by atoms with Crippen molar-refractivity contribution < 1.29 is 35.0 Å². The Morgan fingerprint density at radius 3 is 2.51 bits per heavy atom. The number of fused-ring (bicyclic) bond motifs is 5. The number of aliphatic hydroxyl groups is 5. The molecule has 2 aliphatic heterocycles. The van der Waals surface area contributed by atoms with Crippen LogP contribution in [0, 0.1) is 46.3 Å². The van der Waals surface area contributed by atoms with E-state index in [0.29, 0.717) is 35.6 Å². The molecule has 8 nitrogen and oxygen atoms in total. The summed E-state index contributed by atoms with van der Waals surface area (Å²) in [6.45, 7) is 10.3. The van der Waals surface area contributed by atoms with E-state index in [2.05, 4.69) is 39.1 Å². The summed E-state index contributed by atoms with van der Waals surface area (Å²) < 4.78 is 11.8. The number of piperidine rings is 1. The number of aliphatic hydroxyl groups excluding tert-OH is 5. The zero-order valence-electron chi connectivity index (χ0n) is 25.5. The molecule has 16 atom stereocenters. The Morgan fingerprint density at radius 1 is 1.02 bits per heavy atom. The first-order valence-corrected chi connectivity index (χ1v) is 16.5. The quantitative estimate of drug-likeness (QED) is 0.275. The Balaban J connectivity index is 1.15. The summed E-state index contributed by atoms with van der Waals surface area (Å²) in [6.07, 6.45) is 5.37. The summed E-state index contributed by atoms with van der Waals surface area (Å²) in [5.41, 5.74) is 1.72. The molecular formula is C33H55NO7. The Hall–Kier alpha value is -0.580. The smallest absolute Gasteiger partial charge is 0.186 e. The molecular weight excluding hydrogens is 522 g/mol. The third kappa shape index (κ3) is 5.06. The van der Waals surface area contributed by atoms with Crippen LogP contribution in [0.2, 0.25) is 0 Å². The highest BCUT2D eigenvalue weighted by atomic mass is 16.7. The third-order valence-corrected chi connectivity index (χ3v) is 13.2. The molecule has 0 aromatic carbocycles. The second-order valence-electron chi connectivity index (χ2n) is 15.4. The lowest BCUT2D eigenvalue weighted by Gasteiger charge is -2.58. The van der Waals surface area contributed by atoms with Gasteiger partial charge in [0, 0.05) is 6.04 Å². The van der Waals surface area contributed by atoms with Crippen molar-refractivity contribution in [1.82, 2.24) is 5.32 Å². The van der Waals surface area contributed by atoms with Gasteiger partial charge in [0.05, 0.1) is 18.8 Å². The summed E-state index contributed by atoms with van der Waals surface area (Å²) in [4.78, 5) is 0. The van der Waals surface area contributed by atoms with Gasteiger partial charge in [-0.05, 0) is 111 Å². The zero-order valence-corrected chi connectivity index (χ0v) is 25.5. The van der Waals surface area contributed by atoms with E-state index in [1.54, 1.807) is 0 Å². The van der Waals surface area contributed by atoms with E-state index in [4.69, 9.17) is 9.47 Å². The van der Waals surface area contributed by atoms with Crippen molar-refractivity contribution in [1.29, 1.82) is 0 Å². The van der Waals surface area contributed by atoms with Crippen LogP contribution in [0.1, 0.15) is 85.5 Å². The molecule has 2 heterocycles. The molecule has 5 fully saturated rings. The van der Waals surface area contributed by atoms with Crippen molar-refractivity contribution in [2.75, 3.05) is 13.2 Å². The predicted molar refractivity (Wildman–Crippen MR) is 155 cm³/mol. The lowest BCUT2D eigenvalue weighted by Crippen LogP contribution is -2.60. The molecule has 6 rings (SSSR count). The topological polar surface area (TPSA) is 132 Å². The van der Waals surface area contributed by atoms with E-state index < -0.39 is 37.3 Å². The molecule has 234 valence electrons. The minimum Gasteiger partial charge on any atom is -0.394 e. The maximum absolute atomic E-state index is 11.6. The van der Waals surface area contributed by atoms with Crippen molar-refractivity contribution in [3.8, 4) is 0 Å². The average Bonchev–Trinajstić information content (AvgIpc) is 3.23. The monoisotopic (exact) mass is 577 g/mol. The Bertz CT molecular complexity index is 967. The molecule has 0 unspecified atom stereocenters.